The number of hydrogen-bond donors (Lipinski definition) is 2. The fourth-order valence-electron chi connectivity index (χ4n) is 3.56. The zero-order chi connectivity index (χ0) is 20.1. The van der Waals surface area contributed by atoms with Crippen LogP contribution in [0.2, 0.25) is 0 Å². The Hall–Kier alpha value is -2.83. The van der Waals surface area contributed by atoms with Crippen molar-refractivity contribution < 1.29 is 14.1 Å². The number of aromatic nitrogens is 1. The zero-order valence-corrected chi connectivity index (χ0v) is 16.7. The number of anilines is 1. The Morgan fingerprint density at radius 2 is 2.00 bits per heavy atom. The van der Waals surface area contributed by atoms with Gasteiger partial charge >= 0.3 is 6.03 Å². The number of amides is 3. The van der Waals surface area contributed by atoms with E-state index in [-0.39, 0.29) is 17.9 Å². The van der Waals surface area contributed by atoms with E-state index in [1.807, 2.05) is 43.0 Å². The maximum Gasteiger partial charge on any atom is 0.319 e. The summed E-state index contributed by atoms with van der Waals surface area (Å²) in [7, 11) is 0. The van der Waals surface area contributed by atoms with Crippen LogP contribution in [0.25, 0.3) is 0 Å². The average Bonchev–Trinajstić information content (AvgIpc) is 3.08. The molecule has 150 valence electrons. The van der Waals surface area contributed by atoms with Crippen molar-refractivity contribution in [3.8, 4) is 0 Å². The monoisotopic (exact) mass is 384 g/mol. The third-order valence-electron chi connectivity index (χ3n) is 5.15. The number of hydrogen-bond acceptors (Lipinski definition) is 4. The Kier molecular flexibility index (Phi) is 6.34. The smallest absolute Gasteiger partial charge is 0.319 e. The van der Waals surface area contributed by atoms with Crippen LogP contribution in [0.1, 0.15) is 47.1 Å². The summed E-state index contributed by atoms with van der Waals surface area (Å²) in [5.41, 5.74) is 3.21. The van der Waals surface area contributed by atoms with Gasteiger partial charge in [0, 0.05) is 25.3 Å². The molecule has 1 aromatic heterocycles. The van der Waals surface area contributed by atoms with Crippen LogP contribution in [0.5, 0.6) is 0 Å². The Morgan fingerprint density at radius 3 is 2.71 bits per heavy atom. The summed E-state index contributed by atoms with van der Waals surface area (Å²) in [5, 5.41) is 9.75. The van der Waals surface area contributed by atoms with E-state index in [1.54, 1.807) is 6.92 Å². The second kappa shape index (κ2) is 8.91. The van der Waals surface area contributed by atoms with Gasteiger partial charge < -0.3 is 20.1 Å². The fourth-order valence-corrected chi connectivity index (χ4v) is 3.56. The minimum Gasteiger partial charge on any atom is -0.361 e. The van der Waals surface area contributed by atoms with Gasteiger partial charge in [-0.2, -0.15) is 0 Å². The molecule has 1 aliphatic heterocycles. The lowest BCUT2D eigenvalue weighted by Crippen LogP contribution is -2.44. The summed E-state index contributed by atoms with van der Waals surface area (Å²) in [4.78, 5) is 26.9. The molecule has 0 radical (unpaired) electrons. The van der Waals surface area contributed by atoms with E-state index < -0.39 is 0 Å². The topological polar surface area (TPSA) is 87.5 Å². The number of nitrogens with one attached hydrogen (secondary N) is 2. The first-order chi connectivity index (χ1) is 13.5. The van der Waals surface area contributed by atoms with Gasteiger partial charge in [0.2, 0.25) is 0 Å². The van der Waals surface area contributed by atoms with E-state index in [0.29, 0.717) is 36.5 Å². The zero-order valence-electron chi connectivity index (χ0n) is 16.7. The fraction of sp³-hybridized carbons (Fsp3) is 0.476. The summed E-state index contributed by atoms with van der Waals surface area (Å²) in [6, 6.07) is 7.44. The number of nitrogens with zero attached hydrogens (tertiary/aromatic N) is 2. The first-order valence-corrected chi connectivity index (χ1v) is 9.83. The lowest BCUT2D eigenvalue weighted by molar-refractivity contribution is 0.0672. The van der Waals surface area contributed by atoms with Crippen LogP contribution in [0.3, 0.4) is 0 Å². The second-order valence-corrected chi connectivity index (χ2v) is 7.37. The molecule has 2 N–H and O–H groups in total. The van der Waals surface area contributed by atoms with Crippen LogP contribution < -0.4 is 10.6 Å². The highest BCUT2D eigenvalue weighted by atomic mass is 16.5. The van der Waals surface area contributed by atoms with Gasteiger partial charge in [-0.1, -0.05) is 29.8 Å². The van der Waals surface area contributed by atoms with E-state index in [4.69, 9.17) is 4.52 Å². The van der Waals surface area contributed by atoms with E-state index in [0.717, 1.165) is 30.6 Å². The first-order valence-electron chi connectivity index (χ1n) is 9.83. The van der Waals surface area contributed by atoms with Crippen molar-refractivity contribution in [2.45, 2.75) is 40.0 Å². The Balaban J connectivity index is 1.53. The van der Waals surface area contributed by atoms with Crippen molar-refractivity contribution in [3.05, 3.63) is 46.8 Å². The van der Waals surface area contributed by atoms with Crippen molar-refractivity contribution in [1.29, 1.82) is 0 Å². The lowest BCUT2D eigenvalue weighted by Gasteiger charge is -2.33. The number of aryl methyl sites for hydroxylation is 3. The van der Waals surface area contributed by atoms with Gasteiger partial charge in [-0.05, 0) is 51.2 Å². The van der Waals surface area contributed by atoms with Crippen molar-refractivity contribution in [1.82, 2.24) is 15.4 Å². The summed E-state index contributed by atoms with van der Waals surface area (Å²) in [6.45, 7) is 7.62. The first kappa shape index (κ1) is 19.9. The van der Waals surface area contributed by atoms with Crippen LogP contribution in [0.4, 0.5) is 10.5 Å². The van der Waals surface area contributed by atoms with Crippen LogP contribution >= 0.6 is 0 Å². The van der Waals surface area contributed by atoms with Gasteiger partial charge in [-0.25, -0.2) is 4.79 Å². The number of likely N-dealkylation sites (tertiary alicyclic amines) is 1. The summed E-state index contributed by atoms with van der Waals surface area (Å²) in [5.74, 6) is 0.774. The molecule has 7 heteroatoms. The number of rotatable bonds is 5. The molecule has 28 heavy (non-hydrogen) atoms. The van der Waals surface area contributed by atoms with E-state index in [2.05, 4.69) is 15.8 Å². The van der Waals surface area contributed by atoms with Crippen molar-refractivity contribution in [3.63, 3.8) is 0 Å². The Labute approximate surface area is 165 Å². The molecule has 1 fully saturated rings. The minimum absolute atomic E-state index is 0.0237. The normalized spacial score (nSPS) is 16.7. The van der Waals surface area contributed by atoms with Gasteiger partial charge in [0.05, 0.1) is 5.69 Å². The molecule has 0 spiro atoms. The maximum atomic E-state index is 12.9. The summed E-state index contributed by atoms with van der Waals surface area (Å²) >= 11 is 0. The van der Waals surface area contributed by atoms with E-state index in [1.165, 1.54) is 0 Å². The molecular weight excluding hydrogens is 356 g/mol. The Bertz CT molecular complexity index is 829. The highest BCUT2D eigenvalue weighted by molar-refractivity contribution is 5.96. The number of carbonyl (C=O) groups is 2. The average molecular weight is 384 g/mol. The van der Waals surface area contributed by atoms with Crippen molar-refractivity contribution >= 4 is 17.6 Å². The van der Waals surface area contributed by atoms with Gasteiger partial charge in [-0.3, -0.25) is 4.79 Å². The highest BCUT2D eigenvalue weighted by Gasteiger charge is 2.29. The summed E-state index contributed by atoms with van der Waals surface area (Å²) < 4.78 is 5.21. The SMILES string of the molecule is CCc1noc(C)c1C(=O)N1CCCC(CNC(=O)Nc2ccc(C)cc2)C1. The van der Waals surface area contributed by atoms with Crippen LogP contribution in [0.15, 0.2) is 28.8 Å². The predicted octanol–water partition coefficient (Wildman–Crippen LogP) is 3.53. The number of piperidine rings is 1. The molecule has 2 heterocycles. The number of benzene rings is 1. The molecule has 7 nitrogen and oxygen atoms in total. The molecule has 2 aromatic rings. The quantitative estimate of drug-likeness (QED) is 0.826. The molecule has 3 amide bonds. The van der Waals surface area contributed by atoms with E-state index in [9.17, 15) is 9.59 Å². The largest absolute Gasteiger partial charge is 0.361 e. The minimum atomic E-state index is -0.226. The van der Waals surface area contributed by atoms with Crippen LogP contribution in [-0.4, -0.2) is 41.6 Å². The van der Waals surface area contributed by atoms with Crippen LogP contribution in [-0.2, 0) is 6.42 Å². The van der Waals surface area contributed by atoms with Crippen molar-refractivity contribution in [2.24, 2.45) is 5.92 Å². The van der Waals surface area contributed by atoms with Gasteiger partial charge in [0.1, 0.15) is 11.3 Å². The standard InChI is InChI=1S/C21H28N4O3/c1-4-18-19(15(3)28-24-18)20(26)25-11-5-6-16(13-25)12-22-21(27)23-17-9-7-14(2)8-10-17/h7-10,16H,4-6,11-13H2,1-3H3,(H2,22,23,27). The highest BCUT2D eigenvalue weighted by Crippen LogP contribution is 2.22. The van der Waals surface area contributed by atoms with Gasteiger partial charge in [0.15, 0.2) is 0 Å². The molecule has 0 aliphatic carbocycles. The Morgan fingerprint density at radius 1 is 1.25 bits per heavy atom. The van der Waals surface area contributed by atoms with Crippen molar-refractivity contribution in [2.75, 3.05) is 25.0 Å². The predicted molar refractivity (Wildman–Crippen MR) is 107 cm³/mol. The molecule has 0 bridgehead atoms. The number of carbonyl (C=O) groups excluding carboxylic acids is 2. The molecular formula is C21H28N4O3. The van der Waals surface area contributed by atoms with Gasteiger partial charge in [-0.15, -0.1) is 0 Å². The molecule has 1 atom stereocenters. The molecule has 0 saturated carbocycles. The molecule has 1 aromatic carbocycles. The number of urea groups is 1. The lowest BCUT2D eigenvalue weighted by atomic mass is 9.97. The summed E-state index contributed by atoms with van der Waals surface area (Å²) in [6.07, 6.45) is 2.57. The van der Waals surface area contributed by atoms with Crippen LogP contribution in [0, 0.1) is 19.8 Å². The third-order valence-corrected chi connectivity index (χ3v) is 5.15. The third kappa shape index (κ3) is 4.71. The van der Waals surface area contributed by atoms with Gasteiger partial charge in [0.25, 0.3) is 5.91 Å². The maximum absolute atomic E-state index is 12.9. The van der Waals surface area contributed by atoms with E-state index >= 15 is 0 Å². The molecule has 1 saturated heterocycles. The second-order valence-electron chi connectivity index (χ2n) is 7.37. The molecule has 1 unspecified atom stereocenters. The molecule has 3 rings (SSSR count). The molecule has 1 aliphatic rings.